The molecule has 1 aromatic heterocycles. The Hall–Kier alpha value is -0.900. The first-order valence-corrected chi connectivity index (χ1v) is 6.68. The average molecular weight is 285 g/mol. The number of hydrogen-bond donors (Lipinski definition) is 1. The van der Waals surface area contributed by atoms with Gasteiger partial charge in [0.15, 0.2) is 0 Å². The van der Waals surface area contributed by atoms with E-state index in [1.807, 2.05) is 18.2 Å². The molecule has 2 aromatic rings. The van der Waals surface area contributed by atoms with E-state index in [0.717, 1.165) is 16.3 Å². The lowest BCUT2D eigenvalue weighted by molar-refractivity contribution is 1.17. The molecule has 0 aliphatic heterocycles. The summed E-state index contributed by atoms with van der Waals surface area (Å²) < 4.78 is 0. The maximum atomic E-state index is 5.92. The van der Waals surface area contributed by atoms with Gasteiger partial charge in [-0.1, -0.05) is 29.3 Å². The SMILES string of the molecule is Nc1ccc(Cl)cc1SCc1cccc(Cl)n1. The van der Waals surface area contributed by atoms with Gasteiger partial charge in [0.05, 0.1) is 5.69 Å². The fourth-order valence-corrected chi connectivity index (χ4v) is 2.64. The molecule has 0 aliphatic carbocycles. The number of rotatable bonds is 3. The second-order valence-electron chi connectivity index (χ2n) is 3.42. The fourth-order valence-electron chi connectivity index (χ4n) is 1.32. The van der Waals surface area contributed by atoms with Crippen LogP contribution < -0.4 is 5.73 Å². The minimum Gasteiger partial charge on any atom is -0.398 e. The van der Waals surface area contributed by atoms with Crippen molar-refractivity contribution in [3.05, 3.63) is 52.3 Å². The first kappa shape index (κ1) is 12.6. The van der Waals surface area contributed by atoms with Crippen LogP contribution in [0.2, 0.25) is 10.2 Å². The van der Waals surface area contributed by atoms with Crippen LogP contribution in [0.5, 0.6) is 0 Å². The molecule has 2 N–H and O–H groups in total. The number of aromatic nitrogens is 1. The number of benzene rings is 1. The largest absolute Gasteiger partial charge is 0.398 e. The summed E-state index contributed by atoms with van der Waals surface area (Å²) in [6.07, 6.45) is 0. The Bertz CT molecular complexity index is 532. The first-order valence-electron chi connectivity index (χ1n) is 4.94. The normalized spacial score (nSPS) is 10.5. The van der Waals surface area contributed by atoms with Gasteiger partial charge in [-0.05, 0) is 30.3 Å². The molecule has 0 amide bonds. The molecule has 0 aliphatic rings. The summed E-state index contributed by atoms with van der Waals surface area (Å²) in [7, 11) is 0. The van der Waals surface area contributed by atoms with Crippen molar-refractivity contribution < 1.29 is 0 Å². The summed E-state index contributed by atoms with van der Waals surface area (Å²) in [6, 6.07) is 11.0. The minimum absolute atomic E-state index is 0.502. The first-order chi connectivity index (χ1) is 8.15. The topological polar surface area (TPSA) is 38.9 Å². The molecule has 17 heavy (non-hydrogen) atoms. The zero-order valence-electron chi connectivity index (χ0n) is 8.86. The Kier molecular flexibility index (Phi) is 4.15. The molecule has 0 atom stereocenters. The highest BCUT2D eigenvalue weighted by molar-refractivity contribution is 7.98. The predicted molar refractivity (Wildman–Crippen MR) is 74.7 cm³/mol. The zero-order chi connectivity index (χ0) is 12.3. The summed E-state index contributed by atoms with van der Waals surface area (Å²) in [5.74, 6) is 0.713. The van der Waals surface area contributed by atoms with Gasteiger partial charge in [-0.3, -0.25) is 0 Å². The summed E-state index contributed by atoms with van der Waals surface area (Å²) in [5, 5.41) is 1.18. The summed E-state index contributed by atoms with van der Waals surface area (Å²) >= 11 is 13.3. The quantitative estimate of drug-likeness (QED) is 0.520. The molecule has 0 saturated carbocycles. The van der Waals surface area contributed by atoms with Crippen molar-refractivity contribution >= 4 is 40.7 Å². The van der Waals surface area contributed by atoms with Crippen LogP contribution in [0.1, 0.15) is 5.69 Å². The van der Waals surface area contributed by atoms with Crippen LogP contribution in [0.3, 0.4) is 0 Å². The number of anilines is 1. The highest BCUT2D eigenvalue weighted by Crippen LogP contribution is 2.30. The van der Waals surface area contributed by atoms with Crippen LogP contribution in [0.25, 0.3) is 0 Å². The molecule has 2 rings (SSSR count). The van der Waals surface area contributed by atoms with Gasteiger partial charge in [0.1, 0.15) is 5.15 Å². The van der Waals surface area contributed by atoms with Gasteiger partial charge in [-0.2, -0.15) is 0 Å². The van der Waals surface area contributed by atoms with E-state index in [1.54, 1.807) is 30.0 Å². The summed E-state index contributed by atoms with van der Waals surface area (Å²) in [5.41, 5.74) is 7.50. The van der Waals surface area contributed by atoms with E-state index in [-0.39, 0.29) is 0 Å². The van der Waals surface area contributed by atoms with Gasteiger partial charge >= 0.3 is 0 Å². The Balaban J connectivity index is 2.09. The molecule has 1 aromatic carbocycles. The number of halogens is 2. The minimum atomic E-state index is 0.502. The highest BCUT2D eigenvalue weighted by atomic mass is 35.5. The van der Waals surface area contributed by atoms with E-state index in [4.69, 9.17) is 28.9 Å². The maximum Gasteiger partial charge on any atom is 0.129 e. The van der Waals surface area contributed by atoms with Gasteiger partial charge in [0, 0.05) is 21.4 Å². The van der Waals surface area contributed by atoms with Crippen molar-refractivity contribution in [3.63, 3.8) is 0 Å². The van der Waals surface area contributed by atoms with Crippen molar-refractivity contribution in [2.75, 3.05) is 5.73 Å². The molecule has 5 heteroatoms. The Labute approximate surface area is 114 Å². The third kappa shape index (κ3) is 3.53. The van der Waals surface area contributed by atoms with Crippen molar-refractivity contribution in [2.45, 2.75) is 10.6 Å². The Morgan fingerprint density at radius 3 is 2.76 bits per heavy atom. The number of thioether (sulfide) groups is 1. The molecule has 0 saturated heterocycles. The average Bonchev–Trinajstić information content (AvgIpc) is 2.30. The maximum absolute atomic E-state index is 5.92. The van der Waals surface area contributed by atoms with Crippen molar-refractivity contribution in [1.29, 1.82) is 0 Å². The molecule has 88 valence electrons. The van der Waals surface area contributed by atoms with Crippen molar-refractivity contribution in [2.24, 2.45) is 0 Å². The van der Waals surface area contributed by atoms with E-state index in [1.165, 1.54) is 0 Å². The monoisotopic (exact) mass is 284 g/mol. The van der Waals surface area contributed by atoms with E-state index in [9.17, 15) is 0 Å². The lowest BCUT2D eigenvalue weighted by Crippen LogP contribution is -1.90. The zero-order valence-corrected chi connectivity index (χ0v) is 11.2. The molecule has 2 nitrogen and oxygen atoms in total. The molecular weight excluding hydrogens is 275 g/mol. The fraction of sp³-hybridized carbons (Fsp3) is 0.0833. The standard InChI is InChI=1S/C12H10Cl2N2S/c13-8-4-5-10(15)11(6-8)17-7-9-2-1-3-12(14)16-9/h1-6H,7,15H2. The molecular formula is C12H10Cl2N2S. The van der Waals surface area contributed by atoms with Crippen LogP contribution in [0.15, 0.2) is 41.3 Å². The number of hydrogen-bond acceptors (Lipinski definition) is 3. The van der Waals surface area contributed by atoms with E-state index < -0.39 is 0 Å². The molecule has 0 unspecified atom stereocenters. The van der Waals surface area contributed by atoms with Gasteiger partial charge in [-0.25, -0.2) is 4.98 Å². The van der Waals surface area contributed by atoms with Crippen LogP contribution in [-0.2, 0) is 5.75 Å². The Morgan fingerprint density at radius 2 is 2.00 bits per heavy atom. The number of nitrogen functional groups attached to an aromatic ring is 1. The molecule has 0 bridgehead atoms. The highest BCUT2D eigenvalue weighted by Gasteiger charge is 2.03. The van der Waals surface area contributed by atoms with Crippen molar-refractivity contribution in [1.82, 2.24) is 4.98 Å². The molecule has 0 spiro atoms. The number of nitrogens with two attached hydrogens (primary N) is 1. The van der Waals surface area contributed by atoms with E-state index in [2.05, 4.69) is 4.98 Å². The molecule has 1 heterocycles. The lowest BCUT2D eigenvalue weighted by Gasteiger charge is -2.05. The summed E-state index contributed by atoms with van der Waals surface area (Å²) in [4.78, 5) is 5.17. The molecule has 0 radical (unpaired) electrons. The van der Waals surface area contributed by atoms with Gasteiger partial charge in [-0.15, -0.1) is 11.8 Å². The third-order valence-electron chi connectivity index (χ3n) is 2.12. The van der Waals surface area contributed by atoms with E-state index >= 15 is 0 Å². The number of pyridine rings is 1. The van der Waals surface area contributed by atoms with Crippen LogP contribution in [-0.4, -0.2) is 4.98 Å². The van der Waals surface area contributed by atoms with Crippen molar-refractivity contribution in [3.8, 4) is 0 Å². The smallest absolute Gasteiger partial charge is 0.129 e. The second-order valence-corrected chi connectivity index (χ2v) is 5.26. The number of nitrogens with zero attached hydrogens (tertiary/aromatic N) is 1. The Morgan fingerprint density at radius 1 is 1.18 bits per heavy atom. The molecule has 0 fully saturated rings. The van der Waals surface area contributed by atoms with Crippen LogP contribution in [0.4, 0.5) is 5.69 Å². The van der Waals surface area contributed by atoms with E-state index in [0.29, 0.717) is 15.9 Å². The lowest BCUT2D eigenvalue weighted by atomic mass is 10.3. The van der Waals surface area contributed by atoms with Crippen LogP contribution in [0, 0.1) is 0 Å². The van der Waals surface area contributed by atoms with Gasteiger partial charge in [0.25, 0.3) is 0 Å². The summed E-state index contributed by atoms with van der Waals surface area (Å²) in [6.45, 7) is 0. The van der Waals surface area contributed by atoms with Crippen LogP contribution >= 0.6 is 35.0 Å². The van der Waals surface area contributed by atoms with Gasteiger partial charge in [0.2, 0.25) is 0 Å². The third-order valence-corrected chi connectivity index (χ3v) is 3.67. The van der Waals surface area contributed by atoms with Gasteiger partial charge < -0.3 is 5.73 Å². The second kappa shape index (κ2) is 5.63. The predicted octanol–water partition coefficient (Wildman–Crippen LogP) is 4.26.